The first-order valence-electron chi connectivity index (χ1n) is 7.78. The first-order valence-corrected chi connectivity index (χ1v) is 7.78. The lowest BCUT2D eigenvalue weighted by atomic mass is 9.96. The second kappa shape index (κ2) is 6.59. The van der Waals surface area contributed by atoms with E-state index in [4.69, 9.17) is 0 Å². The van der Waals surface area contributed by atoms with Crippen LogP contribution in [0, 0.1) is 6.92 Å². The highest BCUT2D eigenvalue weighted by atomic mass is 16.3. The van der Waals surface area contributed by atoms with Gasteiger partial charge in [-0.1, -0.05) is 24.6 Å². The predicted molar refractivity (Wildman–Crippen MR) is 85.5 cm³/mol. The third-order valence-corrected chi connectivity index (χ3v) is 4.14. The lowest BCUT2D eigenvalue weighted by Crippen LogP contribution is -2.55. The van der Waals surface area contributed by atoms with Gasteiger partial charge in [-0.15, -0.1) is 0 Å². The summed E-state index contributed by atoms with van der Waals surface area (Å²) in [5.74, 6) is 0. The number of aliphatic hydroxyl groups is 1. The smallest absolute Gasteiger partial charge is 0.0627 e. The maximum Gasteiger partial charge on any atom is 0.0627 e. The Hall–Kier alpha value is -1.06. The summed E-state index contributed by atoms with van der Waals surface area (Å²) >= 11 is 0. The van der Waals surface area contributed by atoms with Gasteiger partial charge in [0.25, 0.3) is 0 Å². The molecule has 0 saturated carbocycles. The molecule has 1 aromatic rings. The highest BCUT2D eigenvalue weighted by Gasteiger charge is 2.28. The highest BCUT2D eigenvalue weighted by molar-refractivity contribution is 5.57. The van der Waals surface area contributed by atoms with Crippen molar-refractivity contribution >= 4 is 5.69 Å². The van der Waals surface area contributed by atoms with Gasteiger partial charge in [0, 0.05) is 18.8 Å². The fraction of sp³-hybridized carbons (Fsp3) is 0.647. The number of benzene rings is 1. The Balaban J connectivity index is 2.14. The Labute approximate surface area is 123 Å². The molecule has 0 bridgehead atoms. The van der Waals surface area contributed by atoms with E-state index in [0.29, 0.717) is 0 Å². The second-order valence-electron chi connectivity index (χ2n) is 6.30. The molecule has 2 rings (SSSR count). The van der Waals surface area contributed by atoms with E-state index in [9.17, 15) is 5.11 Å². The molecule has 112 valence electrons. The van der Waals surface area contributed by atoms with Crippen molar-refractivity contribution in [3.05, 3.63) is 29.3 Å². The van der Waals surface area contributed by atoms with Crippen molar-refractivity contribution in [1.82, 2.24) is 5.32 Å². The zero-order valence-electron chi connectivity index (χ0n) is 13.1. The Morgan fingerprint density at radius 3 is 2.90 bits per heavy atom. The summed E-state index contributed by atoms with van der Waals surface area (Å²) in [5, 5.41) is 13.2. The van der Waals surface area contributed by atoms with Gasteiger partial charge in [0.2, 0.25) is 0 Å². The summed E-state index contributed by atoms with van der Waals surface area (Å²) in [6.45, 7) is 9.49. The number of fused-ring (bicyclic) bond motifs is 1. The summed E-state index contributed by atoms with van der Waals surface area (Å²) in [6, 6.07) is 6.73. The standard InChI is InChI=1S/C17H28N2O/c1-4-9-18-17(3,13-20)12-19-10-5-6-15-11-14(2)7-8-16(15)19/h7-8,11,18,20H,4-6,9-10,12-13H2,1-3H3. The van der Waals surface area contributed by atoms with Gasteiger partial charge in [0.05, 0.1) is 12.1 Å². The fourth-order valence-electron chi connectivity index (χ4n) is 2.98. The van der Waals surface area contributed by atoms with E-state index in [-0.39, 0.29) is 12.1 Å². The Kier molecular flexibility index (Phi) is 5.06. The molecule has 0 aliphatic carbocycles. The van der Waals surface area contributed by atoms with Crippen molar-refractivity contribution < 1.29 is 5.11 Å². The minimum atomic E-state index is -0.227. The molecule has 1 aliphatic rings. The lowest BCUT2D eigenvalue weighted by Gasteiger charge is -2.39. The number of nitrogens with one attached hydrogen (secondary N) is 1. The van der Waals surface area contributed by atoms with Gasteiger partial charge < -0.3 is 15.3 Å². The van der Waals surface area contributed by atoms with Crippen LogP contribution in [0.1, 0.15) is 37.8 Å². The summed E-state index contributed by atoms with van der Waals surface area (Å²) < 4.78 is 0. The van der Waals surface area contributed by atoms with Gasteiger partial charge in [0.15, 0.2) is 0 Å². The normalized spacial score (nSPS) is 17.7. The first kappa shape index (κ1) is 15.3. The van der Waals surface area contributed by atoms with Crippen LogP contribution in [0.5, 0.6) is 0 Å². The summed E-state index contributed by atoms with van der Waals surface area (Å²) in [6.07, 6.45) is 3.46. The minimum absolute atomic E-state index is 0.171. The molecule has 1 unspecified atom stereocenters. The second-order valence-corrected chi connectivity index (χ2v) is 6.30. The molecule has 0 fully saturated rings. The molecule has 0 aromatic heterocycles. The van der Waals surface area contributed by atoms with Crippen LogP contribution >= 0.6 is 0 Å². The number of anilines is 1. The van der Waals surface area contributed by atoms with Crippen LogP contribution < -0.4 is 10.2 Å². The van der Waals surface area contributed by atoms with Gasteiger partial charge in [-0.25, -0.2) is 0 Å². The average molecular weight is 276 g/mol. The van der Waals surface area contributed by atoms with Gasteiger partial charge in [-0.05, 0) is 51.3 Å². The van der Waals surface area contributed by atoms with Crippen LogP contribution in [0.2, 0.25) is 0 Å². The maximum absolute atomic E-state index is 9.75. The summed E-state index contributed by atoms with van der Waals surface area (Å²) in [5.41, 5.74) is 3.90. The van der Waals surface area contributed by atoms with Crippen LogP contribution in [0.15, 0.2) is 18.2 Å². The summed E-state index contributed by atoms with van der Waals surface area (Å²) in [4.78, 5) is 2.43. The first-order chi connectivity index (χ1) is 9.58. The largest absolute Gasteiger partial charge is 0.394 e. The molecule has 3 heteroatoms. The number of aliphatic hydroxyl groups excluding tert-OH is 1. The van der Waals surface area contributed by atoms with E-state index in [0.717, 1.165) is 26.1 Å². The van der Waals surface area contributed by atoms with Crippen LogP contribution in [-0.4, -0.2) is 36.9 Å². The minimum Gasteiger partial charge on any atom is -0.394 e. The Morgan fingerprint density at radius 1 is 1.40 bits per heavy atom. The molecule has 3 nitrogen and oxygen atoms in total. The monoisotopic (exact) mass is 276 g/mol. The van der Waals surface area contributed by atoms with Gasteiger partial charge in [0.1, 0.15) is 0 Å². The zero-order valence-corrected chi connectivity index (χ0v) is 13.1. The Morgan fingerprint density at radius 2 is 2.20 bits per heavy atom. The van der Waals surface area contributed by atoms with Crippen molar-refractivity contribution in [2.45, 2.75) is 45.6 Å². The van der Waals surface area contributed by atoms with Crippen LogP contribution in [-0.2, 0) is 6.42 Å². The van der Waals surface area contributed by atoms with Crippen molar-refractivity contribution in [3.63, 3.8) is 0 Å². The van der Waals surface area contributed by atoms with E-state index in [1.165, 1.54) is 29.7 Å². The molecule has 0 saturated heterocycles. The van der Waals surface area contributed by atoms with Crippen molar-refractivity contribution in [2.75, 3.05) is 31.1 Å². The van der Waals surface area contributed by atoms with Crippen molar-refractivity contribution in [1.29, 1.82) is 0 Å². The number of rotatable bonds is 6. The van der Waals surface area contributed by atoms with Gasteiger partial charge in [-0.3, -0.25) is 0 Å². The molecule has 1 heterocycles. The third-order valence-electron chi connectivity index (χ3n) is 4.14. The molecule has 20 heavy (non-hydrogen) atoms. The molecule has 1 atom stereocenters. The molecule has 1 aromatic carbocycles. The SMILES string of the molecule is CCCNC(C)(CO)CN1CCCc2cc(C)ccc21. The van der Waals surface area contributed by atoms with Crippen LogP contribution in [0.3, 0.4) is 0 Å². The third kappa shape index (κ3) is 3.53. The maximum atomic E-state index is 9.75. The molecule has 0 spiro atoms. The molecule has 0 amide bonds. The number of hydrogen-bond acceptors (Lipinski definition) is 3. The molecule has 0 radical (unpaired) electrons. The highest BCUT2D eigenvalue weighted by Crippen LogP contribution is 2.29. The number of nitrogens with zero attached hydrogens (tertiary/aromatic N) is 1. The zero-order chi connectivity index (χ0) is 14.6. The Bertz CT molecular complexity index is 447. The van der Waals surface area contributed by atoms with E-state index in [2.05, 4.69) is 49.2 Å². The number of hydrogen-bond donors (Lipinski definition) is 2. The van der Waals surface area contributed by atoms with Gasteiger partial charge >= 0.3 is 0 Å². The quantitative estimate of drug-likeness (QED) is 0.838. The molecule has 2 N–H and O–H groups in total. The number of aryl methyl sites for hydroxylation is 2. The van der Waals surface area contributed by atoms with Crippen LogP contribution in [0.4, 0.5) is 5.69 Å². The molecular weight excluding hydrogens is 248 g/mol. The van der Waals surface area contributed by atoms with E-state index < -0.39 is 0 Å². The van der Waals surface area contributed by atoms with Crippen molar-refractivity contribution in [2.24, 2.45) is 0 Å². The van der Waals surface area contributed by atoms with E-state index >= 15 is 0 Å². The average Bonchev–Trinajstić information content (AvgIpc) is 2.45. The van der Waals surface area contributed by atoms with E-state index in [1.54, 1.807) is 0 Å². The topological polar surface area (TPSA) is 35.5 Å². The van der Waals surface area contributed by atoms with Crippen molar-refractivity contribution in [3.8, 4) is 0 Å². The van der Waals surface area contributed by atoms with Crippen LogP contribution in [0.25, 0.3) is 0 Å². The molecular formula is C17H28N2O. The predicted octanol–water partition coefficient (Wildman–Crippen LogP) is 2.50. The lowest BCUT2D eigenvalue weighted by molar-refractivity contribution is 0.177. The summed E-state index contributed by atoms with van der Waals surface area (Å²) in [7, 11) is 0. The van der Waals surface area contributed by atoms with E-state index in [1.807, 2.05) is 0 Å². The molecule has 1 aliphatic heterocycles. The van der Waals surface area contributed by atoms with Gasteiger partial charge in [-0.2, -0.15) is 0 Å². The fourth-order valence-corrected chi connectivity index (χ4v) is 2.98.